The van der Waals surface area contributed by atoms with Crippen molar-refractivity contribution < 1.29 is 26.7 Å². The van der Waals surface area contributed by atoms with Crippen molar-refractivity contribution in [3.05, 3.63) is 59.2 Å². The van der Waals surface area contributed by atoms with Gasteiger partial charge in [-0.3, -0.25) is 4.79 Å². The SMILES string of the molecule is CN(C)c1nc(NC2CCC(NC(=O)c3ccc(C(F)(F)F)c(F)c3F)CC2)nc2ccccc12. The van der Waals surface area contributed by atoms with Crippen LogP contribution in [0.4, 0.5) is 33.7 Å². The van der Waals surface area contributed by atoms with Gasteiger partial charge in [0, 0.05) is 31.6 Å². The molecular formula is C24H24F5N5O. The second-order valence-corrected chi connectivity index (χ2v) is 8.74. The lowest BCUT2D eigenvalue weighted by atomic mass is 9.91. The zero-order valence-corrected chi connectivity index (χ0v) is 19.1. The molecule has 3 aromatic rings. The first-order valence-corrected chi connectivity index (χ1v) is 11.1. The van der Waals surface area contributed by atoms with Gasteiger partial charge in [-0.05, 0) is 49.9 Å². The Bertz CT molecular complexity index is 1240. The molecule has 1 aromatic heterocycles. The van der Waals surface area contributed by atoms with Gasteiger partial charge in [-0.15, -0.1) is 0 Å². The van der Waals surface area contributed by atoms with Crippen molar-refractivity contribution in [1.82, 2.24) is 15.3 Å². The maximum Gasteiger partial charge on any atom is 0.419 e. The molecule has 2 aromatic carbocycles. The summed E-state index contributed by atoms with van der Waals surface area (Å²) < 4.78 is 66.2. The van der Waals surface area contributed by atoms with Gasteiger partial charge in [0.25, 0.3) is 5.91 Å². The van der Waals surface area contributed by atoms with Crippen molar-refractivity contribution in [3.63, 3.8) is 0 Å². The lowest BCUT2D eigenvalue weighted by molar-refractivity contribution is -0.140. The average Bonchev–Trinajstić information content (AvgIpc) is 2.80. The molecule has 1 aliphatic rings. The first kappa shape index (κ1) is 24.6. The Kier molecular flexibility index (Phi) is 6.77. The highest BCUT2D eigenvalue weighted by Crippen LogP contribution is 2.33. The first-order chi connectivity index (χ1) is 16.5. The molecule has 1 aliphatic carbocycles. The maximum absolute atomic E-state index is 14.1. The third-order valence-electron chi connectivity index (χ3n) is 6.03. The molecule has 0 atom stereocenters. The van der Waals surface area contributed by atoms with Crippen LogP contribution in [-0.4, -0.2) is 42.1 Å². The monoisotopic (exact) mass is 493 g/mol. The Morgan fingerprint density at radius 1 is 0.943 bits per heavy atom. The Labute approximate surface area is 198 Å². The second-order valence-electron chi connectivity index (χ2n) is 8.74. The fraction of sp³-hybridized carbons (Fsp3) is 0.375. The summed E-state index contributed by atoms with van der Waals surface area (Å²) >= 11 is 0. The molecule has 2 N–H and O–H groups in total. The van der Waals surface area contributed by atoms with Gasteiger partial charge < -0.3 is 15.5 Å². The van der Waals surface area contributed by atoms with Crippen molar-refractivity contribution >= 4 is 28.6 Å². The number of para-hydroxylation sites is 1. The van der Waals surface area contributed by atoms with E-state index in [1.54, 1.807) is 0 Å². The number of amides is 1. The molecule has 35 heavy (non-hydrogen) atoms. The van der Waals surface area contributed by atoms with Crippen LogP contribution < -0.4 is 15.5 Å². The van der Waals surface area contributed by atoms with Crippen molar-refractivity contribution in [2.45, 2.75) is 43.9 Å². The number of hydrogen-bond donors (Lipinski definition) is 2. The first-order valence-electron chi connectivity index (χ1n) is 11.1. The predicted molar refractivity (Wildman–Crippen MR) is 122 cm³/mol. The summed E-state index contributed by atoms with van der Waals surface area (Å²) in [7, 11) is 3.80. The summed E-state index contributed by atoms with van der Waals surface area (Å²) in [6.07, 6.45) is -2.65. The zero-order chi connectivity index (χ0) is 25.3. The van der Waals surface area contributed by atoms with E-state index < -0.39 is 34.8 Å². The van der Waals surface area contributed by atoms with Crippen LogP contribution in [0.25, 0.3) is 10.9 Å². The fourth-order valence-electron chi connectivity index (χ4n) is 4.24. The maximum atomic E-state index is 14.1. The molecule has 1 fully saturated rings. The predicted octanol–water partition coefficient (Wildman–Crippen LogP) is 5.15. The number of nitrogens with zero attached hydrogens (tertiary/aromatic N) is 3. The van der Waals surface area contributed by atoms with Crippen LogP contribution in [-0.2, 0) is 6.18 Å². The van der Waals surface area contributed by atoms with Crippen molar-refractivity contribution in [2.24, 2.45) is 0 Å². The van der Waals surface area contributed by atoms with E-state index in [-0.39, 0.29) is 12.1 Å². The topological polar surface area (TPSA) is 70.2 Å². The molecule has 0 bridgehead atoms. The molecule has 186 valence electrons. The molecule has 4 rings (SSSR count). The fourth-order valence-corrected chi connectivity index (χ4v) is 4.24. The molecule has 1 saturated carbocycles. The summed E-state index contributed by atoms with van der Waals surface area (Å²) in [6, 6.07) is 8.44. The van der Waals surface area contributed by atoms with Crippen LogP contribution in [0.15, 0.2) is 36.4 Å². The second kappa shape index (κ2) is 9.63. The number of carbonyl (C=O) groups is 1. The van der Waals surface area contributed by atoms with E-state index in [0.29, 0.717) is 43.8 Å². The van der Waals surface area contributed by atoms with Crippen LogP contribution >= 0.6 is 0 Å². The number of fused-ring (bicyclic) bond motifs is 1. The average molecular weight is 493 g/mol. The standard InChI is InChI=1S/C24H24F5N5O/c1-34(2)21-15-5-3-4-6-18(15)32-23(33-21)31-14-9-7-13(8-10-14)30-22(35)16-11-12-17(24(27,28)29)20(26)19(16)25/h3-6,11-14H,7-10H2,1-2H3,(H,30,35)(H,31,32,33). The Morgan fingerprint density at radius 2 is 1.60 bits per heavy atom. The minimum absolute atomic E-state index is 0.0413. The van der Waals surface area contributed by atoms with E-state index in [1.165, 1.54) is 0 Å². The van der Waals surface area contributed by atoms with Gasteiger partial charge in [0.15, 0.2) is 11.6 Å². The van der Waals surface area contributed by atoms with Crippen molar-refractivity contribution in [3.8, 4) is 0 Å². The quantitative estimate of drug-likeness (QED) is 0.482. The largest absolute Gasteiger partial charge is 0.419 e. The van der Waals surface area contributed by atoms with Crippen LogP contribution in [0, 0.1) is 11.6 Å². The van der Waals surface area contributed by atoms with Crippen molar-refractivity contribution in [1.29, 1.82) is 0 Å². The highest BCUT2D eigenvalue weighted by atomic mass is 19.4. The molecule has 0 unspecified atom stereocenters. The van der Waals surface area contributed by atoms with E-state index in [0.717, 1.165) is 16.7 Å². The molecule has 0 aliphatic heterocycles. The minimum atomic E-state index is -5.05. The van der Waals surface area contributed by atoms with Gasteiger partial charge in [-0.2, -0.15) is 18.2 Å². The summed E-state index contributed by atoms with van der Waals surface area (Å²) in [5, 5.41) is 6.87. The summed E-state index contributed by atoms with van der Waals surface area (Å²) in [6.45, 7) is 0. The molecule has 6 nitrogen and oxygen atoms in total. The minimum Gasteiger partial charge on any atom is -0.362 e. The van der Waals surface area contributed by atoms with Gasteiger partial charge in [0.05, 0.1) is 16.6 Å². The van der Waals surface area contributed by atoms with Crippen LogP contribution in [0.2, 0.25) is 0 Å². The Hall–Kier alpha value is -3.50. The van der Waals surface area contributed by atoms with Crippen LogP contribution in [0.1, 0.15) is 41.6 Å². The molecule has 1 heterocycles. The third kappa shape index (κ3) is 5.28. The highest BCUT2D eigenvalue weighted by Gasteiger charge is 2.37. The van der Waals surface area contributed by atoms with Gasteiger partial charge in [0.2, 0.25) is 5.95 Å². The van der Waals surface area contributed by atoms with Crippen LogP contribution in [0.3, 0.4) is 0 Å². The molecular weight excluding hydrogens is 469 g/mol. The smallest absolute Gasteiger partial charge is 0.362 e. The van der Waals surface area contributed by atoms with E-state index in [2.05, 4.69) is 20.6 Å². The summed E-state index contributed by atoms with van der Waals surface area (Å²) in [5.41, 5.74) is -1.69. The summed E-state index contributed by atoms with van der Waals surface area (Å²) in [4.78, 5) is 23.5. The lowest BCUT2D eigenvalue weighted by Gasteiger charge is -2.30. The number of aromatic nitrogens is 2. The third-order valence-corrected chi connectivity index (χ3v) is 6.03. The van der Waals surface area contributed by atoms with Crippen molar-refractivity contribution in [2.75, 3.05) is 24.3 Å². The van der Waals surface area contributed by atoms with E-state index in [9.17, 15) is 26.7 Å². The number of rotatable bonds is 5. The zero-order valence-electron chi connectivity index (χ0n) is 19.1. The molecule has 11 heteroatoms. The number of benzene rings is 2. The van der Waals surface area contributed by atoms with E-state index in [4.69, 9.17) is 0 Å². The Balaban J connectivity index is 1.38. The number of halogens is 5. The van der Waals surface area contributed by atoms with Gasteiger partial charge in [-0.25, -0.2) is 13.8 Å². The number of carbonyl (C=O) groups excluding carboxylic acids is 1. The normalized spacial score (nSPS) is 18.4. The molecule has 1 amide bonds. The number of hydrogen-bond acceptors (Lipinski definition) is 5. The number of alkyl halides is 3. The molecule has 0 spiro atoms. The number of nitrogens with one attached hydrogen (secondary N) is 2. The lowest BCUT2D eigenvalue weighted by Crippen LogP contribution is -2.40. The Morgan fingerprint density at radius 3 is 2.26 bits per heavy atom. The highest BCUT2D eigenvalue weighted by molar-refractivity contribution is 5.94. The van der Waals surface area contributed by atoms with Gasteiger partial charge in [0.1, 0.15) is 5.82 Å². The molecule has 0 radical (unpaired) electrons. The summed E-state index contributed by atoms with van der Waals surface area (Å²) in [5.74, 6) is -3.56. The van der Waals surface area contributed by atoms with Gasteiger partial charge >= 0.3 is 6.18 Å². The van der Waals surface area contributed by atoms with E-state index >= 15 is 0 Å². The van der Waals surface area contributed by atoms with Crippen LogP contribution in [0.5, 0.6) is 0 Å². The number of anilines is 2. The molecule has 0 saturated heterocycles. The van der Waals surface area contributed by atoms with Gasteiger partial charge in [-0.1, -0.05) is 12.1 Å². The van der Waals surface area contributed by atoms with E-state index in [1.807, 2.05) is 43.3 Å².